The summed E-state index contributed by atoms with van der Waals surface area (Å²) in [4.78, 5) is 28.6. The summed E-state index contributed by atoms with van der Waals surface area (Å²) in [6, 6.07) is 10.3. The number of aromatic nitrogens is 2. The van der Waals surface area contributed by atoms with Crippen molar-refractivity contribution in [2.45, 2.75) is 19.8 Å². The van der Waals surface area contributed by atoms with Crippen LogP contribution in [0.15, 0.2) is 48.8 Å². The van der Waals surface area contributed by atoms with Crippen molar-refractivity contribution in [3.05, 3.63) is 58.9 Å². The van der Waals surface area contributed by atoms with E-state index in [-0.39, 0.29) is 18.2 Å². The fraction of sp³-hybridized carbons (Fsp3) is 0.300. The third-order valence-corrected chi connectivity index (χ3v) is 4.43. The number of imidazole rings is 1. The number of rotatable bonds is 8. The van der Waals surface area contributed by atoms with Crippen LogP contribution in [0.5, 0.6) is 5.75 Å². The monoisotopic (exact) mass is 382 g/mol. The number of pyridine rings is 1. The van der Waals surface area contributed by atoms with E-state index in [1.807, 2.05) is 12.1 Å². The van der Waals surface area contributed by atoms with E-state index in [0.29, 0.717) is 17.1 Å². The summed E-state index contributed by atoms with van der Waals surface area (Å²) in [6.07, 6.45) is 5.18. The first-order valence-corrected chi connectivity index (χ1v) is 9.08. The Balaban J connectivity index is 1.66. The molecule has 0 aliphatic rings. The molecule has 8 nitrogen and oxygen atoms in total. The average Bonchev–Trinajstić information content (AvgIpc) is 3.13. The number of fused-ring (bicyclic) bond motifs is 1. The molecule has 3 rings (SSSR count). The van der Waals surface area contributed by atoms with Gasteiger partial charge in [0.25, 0.3) is 11.6 Å². The van der Waals surface area contributed by atoms with Crippen molar-refractivity contribution in [3.63, 3.8) is 0 Å². The summed E-state index contributed by atoms with van der Waals surface area (Å²) in [6.45, 7) is 2.81. The Kier molecular flexibility index (Phi) is 5.88. The zero-order valence-electron chi connectivity index (χ0n) is 15.9. The first kappa shape index (κ1) is 19.3. The summed E-state index contributed by atoms with van der Waals surface area (Å²) in [7, 11) is 1.78. The Labute approximate surface area is 162 Å². The number of nitro groups is 1. The normalized spacial score (nSPS) is 10.8. The van der Waals surface area contributed by atoms with Gasteiger partial charge in [0.1, 0.15) is 11.4 Å². The number of ether oxygens (including phenoxy) is 1. The zero-order valence-corrected chi connectivity index (χ0v) is 15.9. The van der Waals surface area contributed by atoms with E-state index < -0.39 is 4.92 Å². The van der Waals surface area contributed by atoms with Crippen LogP contribution in [0.25, 0.3) is 16.9 Å². The van der Waals surface area contributed by atoms with Crippen LogP contribution in [0, 0.1) is 10.1 Å². The first-order chi connectivity index (χ1) is 13.5. The van der Waals surface area contributed by atoms with Crippen molar-refractivity contribution in [1.29, 1.82) is 0 Å². The molecule has 0 atom stereocenters. The van der Waals surface area contributed by atoms with Crippen molar-refractivity contribution in [2.24, 2.45) is 0 Å². The largest absolute Gasteiger partial charge is 0.484 e. The van der Waals surface area contributed by atoms with Gasteiger partial charge in [0, 0.05) is 31.4 Å². The van der Waals surface area contributed by atoms with Gasteiger partial charge in [0.05, 0.1) is 16.8 Å². The molecule has 0 bridgehead atoms. The molecule has 2 heterocycles. The van der Waals surface area contributed by atoms with E-state index in [1.165, 1.54) is 12.3 Å². The molecule has 146 valence electrons. The number of carbonyl (C=O) groups is 1. The summed E-state index contributed by atoms with van der Waals surface area (Å²) in [5.74, 6) is 0.542. The van der Waals surface area contributed by atoms with Crippen LogP contribution in [0.3, 0.4) is 0 Å². The van der Waals surface area contributed by atoms with Crippen LogP contribution in [-0.2, 0) is 4.79 Å². The molecule has 0 spiro atoms. The van der Waals surface area contributed by atoms with Crippen LogP contribution < -0.4 is 4.74 Å². The van der Waals surface area contributed by atoms with Gasteiger partial charge in [-0.25, -0.2) is 4.98 Å². The number of hydrogen-bond acceptors (Lipinski definition) is 5. The molecule has 0 saturated heterocycles. The van der Waals surface area contributed by atoms with Crippen LogP contribution in [0.1, 0.15) is 19.8 Å². The number of amides is 1. The minimum Gasteiger partial charge on any atom is -0.484 e. The summed E-state index contributed by atoms with van der Waals surface area (Å²) >= 11 is 0. The number of unbranched alkanes of at least 4 members (excludes halogenated alkanes) is 1. The molecular weight excluding hydrogens is 360 g/mol. The van der Waals surface area contributed by atoms with Crippen LogP contribution in [0.2, 0.25) is 0 Å². The quantitative estimate of drug-likeness (QED) is 0.439. The average molecular weight is 382 g/mol. The lowest BCUT2D eigenvalue weighted by Crippen LogP contribution is -2.32. The van der Waals surface area contributed by atoms with Gasteiger partial charge in [-0.05, 0) is 36.8 Å². The predicted octanol–water partition coefficient (Wildman–Crippen LogP) is 3.55. The van der Waals surface area contributed by atoms with Crippen molar-refractivity contribution < 1.29 is 14.5 Å². The SMILES string of the molecule is CCCCN(C)C(=O)COc1ccc(-c2cn3cc([N+](=O)[O-])ccc3n2)cc1. The lowest BCUT2D eigenvalue weighted by molar-refractivity contribution is -0.385. The maximum atomic E-state index is 12.0. The fourth-order valence-corrected chi connectivity index (χ4v) is 2.72. The van der Waals surface area contributed by atoms with Gasteiger partial charge < -0.3 is 9.64 Å². The molecule has 0 saturated carbocycles. The van der Waals surface area contributed by atoms with E-state index in [4.69, 9.17) is 4.74 Å². The highest BCUT2D eigenvalue weighted by Crippen LogP contribution is 2.23. The smallest absolute Gasteiger partial charge is 0.286 e. The van der Waals surface area contributed by atoms with Gasteiger partial charge in [0.2, 0.25) is 0 Å². The van der Waals surface area contributed by atoms with Gasteiger partial charge in [-0.3, -0.25) is 19.3 Å². The fourth-order valence-electron chi connectivity index (χ4n) is 2.72. The Morgan fingerprint density at radius 3 is 2.64 bits per heavy atom. The molecule has 28 heavy (non-hydrogen) atoms. The standard InChI is InChI=1S/C20H22N4O4/c1-3-4-11-22(2)20(25)14-28-17-8-5-15(6-9-17)18-13-23-12-16(24(26)27)7-10-19(23)21-18/h5-10,12-13H,3-4,11,14H2,1-2H3. The number of hydrogen-bond donors (Lipinski definition) is 0. The number of likely N-dealkylation sites (N-methyl/N-ethyl adjacent to an activating group) is 1. The second kappa shape index (κ2) is 8.51. The lowest BCUT2D eigenvalue weighted by atomic mass is 10.2. The second-order valence-electron chi connectivity index (χ2n) is 6.52. The Morgan fingerprint density at radius 1 is 1.21 bits per heavy atom. The first-order valence-electron chi connectivity index (χ1n) is 9.08. The highest BCUT2D eigenvalue weighted by Gasteiger charge is 2.11. The molecule has 1 aromatic carbocycles. The molecule has 0 fully saturated rings. The van der Waals surface area contributed by atoms with Gasteiger partial charge in [-0.15, -0.1) is 0 Å². The maximum absolute atomic E-state index is 12.0. The molecule has 0 N–H and O–H groups in total. The third-order valence-electron chi connectivity index (χ3n) is 4.43. The number of nitrogens with zero attached hydrogens (tertiary/aromatic N) is 4. The Bertz CT molecular complexity index is 982. The molecule has 1 amide bonds. The molecule has 0 radical (unpaired) electrons. The third kappa shape index (κ3) is 4.46. The van der Waals surface area contributed by atoms with Gasteiger partial charge in [-0.1, -0.05) is 13.3 Å². The van der Waals surface area contributed by atoms with E-state index in [2.05, 4.69) is 11.9 Å². The predicted molar refractivity (Wildman–Crippen MR) is 105 cm³/mol. The Hall–Kier alpha value is -3.42. The zero-order chi connectivity index (χ0) is 20.1. The van der Waals surface area contributed by atoms with Crippen LogP contribution in [0.4, 0.5) is 5.69 Å². The minimum absolute atomic E-state index is 0.00239. The molecular formula is C20H22N4O4. The molecule has 0 aliphatic heterocycles. The topological polar surface area (TPSA) is 90.0 Å². The second-order valence-corrected chi connectivity index (χ2v) is 6.52. The van der Waals surface area contributed by atoms with Crippen molar-refractivity contribution in [3.8, 4) is 17.0 Å². The summed E-state index contributed by atoms with van der Waals surface area (Å²) in [5, 5.41) is 10.9. The number of carbonyl (C=O) groups excluding carboxylic acids is 1. The Morgan fingerprint density at radius 2 is 1.96 bits per heavy atom. The van der Waals surface area contributed by atoms with E-state index in [9.17, 15) is 14.9 Å². The van der Waals surface area contributed by atoms with Crippen LogP contribution in [-0.4, -0.2) is 45.3 Å². The molecule has 8 heteroatoms. The minimum atomic E-state index is -0.438. The van der Waals surface area contributed by atoms with Crippen molar-refractivity contribution in [1.82, 2.24) is 14.3 Å². The van der Waals surface area contributed by atoms with Gasteiger partial charge >= 0.3 is 0 Å². The van der Waals surface area contributed by atoms with Crippen molar-refractivity contribution >= 4 is 17.2 Å². The summed E-state index contributed by atoms with van der Waals surface area (Å²) in [5.41, 5.74) is 2.18. The van der Waals surface area contributed by atoms with Gasteiger partial charge in [0.15, 0.2) is 6.61 Å². The molecule has 3 aromatic rings. The van der Waals surface area contributed by atoms with Crippen LogP contribution >= 0.6 is 0 Å². The van der Waals surface area contributed by atoms with E-state index in [0.717, 1.165) is 24.9 Å². The highest BCUT2D eigenvalue weighted by atomic mass is 16.6. The van der Waals surface area contributed by atoms with Gasteiger partial charge in [-0.2, -0.15) is 0 Å². The maximum Gasteiger partial charge on any atom is 0.286 e. The lowest BCUT2D eigenvalue weighted by Gasteiger charge is -2.17. The molecule has 2 aromatic heterocycles. The van der Waals surface area contributed by atoms with Crippen molar-refractivity contribution in [2.75, 3.05) is 20.2 Å². The highest BCUT2D eigenvalue weighted by molar-refractivity contribution is 5.77. The molecule has 0 unspecified atom stereocenters. The summed E-state index contributed by atoms with van der Waals surface area (Å²) < 4.78 is 7.20. The van der Waals surface area contributed by atoms with E-state index in [1.54, 1.807) is 40.7 Å². The molecule has 0 aliphatic carbocycles. The van der Waals surface area contributed by atoms with E-state index >= 15 is 0 Å². The number of benzene rings is 1.